The van der Waals surface area contributed by atoms with Gasteiger partial charge in [0.2, 0.25) is 0 Å². The van der Waals surface area contributed by atoms with E-state index in [-0.39, 0.29) is 30.1 Å². The van der Waals surface area contributed by atoms with Crippen molar-refractivity contribution in [2.24, 2.45) is 0 Å². The summed E-state index contributed by atoms with van der Waals surface area (Å²) in [6.45, 7) is 1.76. The standard InChI is InChI=1S/C26H20ClFN2O4S/c1-16-2-9-20(13-22(16)27)29-24(31)15-34-21-10-5-17(6-11-21)12-23-25(32)30(26(33)35-23)14-18-3-7-19(28)8-4-18/h2-13H,14-15H2,1H3,(H,29,31)/b23-12-. The molecule has 1 fully saturated rings. The van der Waals surface area contributed by atoms with Crippen LogP contribution in [0.5, 0.6) is 5.75 Å². The van der Waals surface area contributed by atoms with Crippen LogP contribution in [0.25, 0.3) is 6.08 Å². The Morgan fingerprint density at radius 1 is 1.09 bits per heavy atom. The molecule has 1 N–H and O–H groups in total. The molecule has 9 heteroatoms. The number of carbonyl (C=O) groups excluding carboxylic acids is 3. The predicted octanol–water partition coefficient (Wildman–Crippen LogP) is 6.04. The van der Waals surface area contributed by atoms with Gasteiger partial charge in [0.1, 0.15) is 11.6 Å². The molecular formula is C26H20ClFN2O4S. The lowest BCUT2D eigenvalue weighted by molar-refractivity contribution is -0.123. The van der Waals surface area contributed by atoms with Crippen molar-refractivity contribution >= 4 is 52.2 Å². The number of ether oxygens (including phenoxy) is 1. The van der Waals surface area contributed by atoms with Crippen molar-refractivity contribution in [3.8, 4) is 5.75 Å². The first kappa shape index (κ1) is 24.5. The first-order valence-corrected chi connectivity index (χ1v) is 11.8. The second-order valence-electron chi connectivity index (χ2n) is 7.76. The number of thioether (sulfide) groups is 1. The molecular weight excluding hydrogens is 491 g/mol. The summed E-state index contributed by atoms with van der Waals surface area (Å²) in [6.07, 6.45) is 1.62. The molecule has 3 amide bonds. The van der Waals surface area contributed by atoms with Gasteiger partial charge in [-0.2, -0.15) is 0 Å². The van der Waals surface area contributed by atoms with E-state index in [1.54, 1.807) is 42.5 Å². The van der Waals surface area contributed by atoms with E-state index in [0.717, 1.165) is 22.2 Å². The Morgan fingerprint density at radius 3 is 2.49 bits per heavy atom. The number of aryl methyl sites for hydroxylation is 1. The number of halogens is 2. The third-order valence-corrected chi connectivity index (χ3v) is 6.45. The molecule has 1 aliphatic heterocycles. The SMILES string of the molecule is Cc1ccc(NC(=O)COc2ccc(/C=C3\SC(=O)N(Cc4ccc(F)cc4)C3=O)cc2)cc1Cl. The minimum atomic E-state index is -0.405. The number of hydrogen-bond acceptors (Lipinski definition) is 5. The number of rotatable bonds is 7. The Bertz CT molecular complexity index is 1310. The van der Waals surface area contributed by atoms with E-state index in [1.807, 2.05) is 13.0 Å². The summed E-state index contributed by atoms with van der Waals surface area (Å²) in [5.74, 6) is -0.642. The topological polar surface area (TPSA) is 75.7 Å². The maximum Gasteiger partial charge on any atom is 0.293 e. The number of benzene rings is 3. The van der Waals surface area contributed by atoms with Crippen molar-refractivity contribution in [2.75, 3.05) is 11.9 Å². The first-order chi connectivity index (χ1) is 16.8. The molecule has 0 spiro atoms. The van der Waals surface area contributed by atoms with Crippen LogP contribution in [0.1, 0.15) is 16.7 Å². The van der Waals surface area contributed by atoms with Gasteiger partial charge in [0.25, 0.3) is 17.1 Å². The van der Waals surface area contributed by atoms with E-state index in [9.17, 15) is 18.8 Å². The molecule has 6 nitrogen and oxygen atoms in total. The zero-order chi connectivity index (χ0) is 24.9. The quantitative estimate of drug-likeness (QED) is 0.392. The van der Waals surface area contributed by atoms with E-state index >= 15 is 0 Å². The molecule has 0 aromatic heterocycles. The molecule has 0 bridgehead atoms. The molecule has 35 heavy (non-hydrogen) atoms. The van der Waals surface area contributed by atoms with E-state index in [0.29, 0.717) is 32.5 Å². The molecule has 1 heterocycles. The summed E-state index contributed by atoms with van der Waals surface area (Å²) in [5.41, 5.74) is 2.85. The number of carbonyl (C=O) groups is 3. The van der Waals surface area contributed by atoms with Crippen LogP contribution in [-0.2, 0) is 16.1 Å². The summed E-state index contributed by atoms with van der Waals surface area (Å²) < 4.78 is 18.6. The molecule has 0 atom stereocenters. The Morgan fingerprint density at radius 2 is 1.80 bits per heavy atom. The van der Waals surface area contributed by atoms with Crippen LogP contribution >= 0.6 is 23.4 Å². The highest BCUT2D eigenvalue weighted by Crippen LogP contribution is 2.33. The highest BCUT2D eigenvalue weighted by atomic mass is 35.5. The number of hydrogen-bond donors (Lipinski definition) is 1. The molecule has 0 aliphatic carbocycles. The highest BCUT2D eigenvalue weighted by Gasteiger charge is 2.34. The molecule has 4 rings (SSSR count). The molecule has 178 valence electrons. The summed E-state index contributed by atoms with van der Waals surface area (Å²) >= 11 is 6.92. The Kier molecular flexibility index (Phi) is 7.53. The molecule has 1 saturated heterocycles. The average Bonchev–Trinajstić information content (AvgIpc) is 3.09. The van der Waals surface area contributed by atoms with E-state index in [4.69, 9.17) is 16.3 Å². The van der Waals surface area contributed by atoms with Gasteiger partial charge >= 0.3 is 0 Å². The summed E-state index contributed by atoms with van der Waals surface area (Å²) in [7, 11) is 0. The van der Waals surface area contributed by atoms with Crippen LogP contribution < -0.4 is 10.1 Å². The van der Waals surface area contributed by atoms with Crippen LogP contribution in [0, 0.1) is 12.7 Å². The van der Waals surface area contributed by atoms with Crippen LogP contribution in [0.15, 0.2) is 71.6 Å². The van der Waals surface area contributed by atoms with Gasteiger partial charge in [-0.05, 0) is 77.9 Å². The molecule has 0 saturated carbocycles. The van der Waals surface area contributed by atoms with Gasteiger partial charge in [-0.3, -0.25) is 19.3 Å². The lowest BCUT2D eigenvalue weighted by Crippen LogP contribution is -2.27. The highest BCUT2D eigenvalue weighted by molar-refractivity contribution is 8.18. The predicted molar refractivity (Wildman–Crippen MR) is 135 cm³/mol. The van der Waals surface area contributed by atoms with Crippen molar-refractivity contribution in [2.45, 2.75) is 13.5 Å². The number of anilines is 1. The molecule has 0 unspecified atom stereocenters. The third kappa shape index (κ3) is 6.29. The van der Waals surface area contributed by atoms with Gasteiger partial charge in [0.15, 0.2) is 6.61 Å². The van der Waals surface area contributed by atoms with Crippen molar-refractivity contribution in [3.63, 3.8) is 0 Å². The lowest BCUT2D eigenvalue weighted by Gasteiger charge is -2.12. The Labute approximate surface area is 210 Å². The molecule has 3 aromatic rings. The number of imide groups is 1. The largest absolute Gasteiger partial charge is 0.484 e. The zero-order valence-electron chi connectivity index (χ0n) is 18.6. The number of nitrogens with one attached hydrogen (secondary N) is 1. The Hall–Kier alpha value is -3.62. The normalized spacial score (nSPS) is 14.5. The van der Waals surface area contributed by atoms with E-state index in [2.05, 4.69) is 5.32 Å². The van der Waals surface area contributed by atoms with Crippen LogP contribution in [-0.4, -0.2) is 28.6 Å². The van der Waals surface area contributed by atoms with Crippen LogP contribution in [0.2, 0.25) is 5.02 Å². The summed E-state index contributed by atoms with van der Waals surface area (Å²) in [6, 6.07) is 17.7. The fourth-order valence-corrected chi connectivity index (χ4v) is 4.26. The molecule has 3 aromatic carbocycles. The molecule has 1 aliphatic rings. The van der Waals surface area contributed by atoms with Gasteiger partial charge in [-0.15, -0.1) is 0 Å². The first-order valence-electron chi connectivity index (χ1n) is 10.6. The van der Waals surface area contributed by atoms with Crippen LogP contribution in [0.4, 0.5) is 14.9 Å². The van der Waals surface area contributed by atoms with Gasteiger partial charge in [-0.25, -0.2) is 4.39 Å². The minimum absolute atomic E-state index is 0.0753. The number of amides is 3. The Balaban J connectivity index is 1.33. The van der Waals surface area contributed by atoms with Crippen molar-refractivity contribution in [1.29, 1.82) is 0 Å². The van der Waals surface area contributed by atoms with Gasteiger partial charge in [0.05, 0.1) is 11.4 Å². The smallest absolute Gasteiger partial charge is 0.293 e. The molecule has 0 radical (unpaired) electrons. The third-order valence-electron chi connectivity index (χ3n) is 5.13. The van der Waals surface area contributed by atoms with Crippen molar-refractivity contribution in [3.05, 3.63) is 99.2 Å². The van der Waals surface area contributed by atoms with Gasteiger partial charge in [0, 0.05) is 10.7 Å². The van der Waals surface area contributed by atoms with Crippen LogP contribution in [0.3, 0.4) is 0 Å². The average molecular weight is 511 g/mol. The maximum atomic E-state index is 13.1. The summed E-state index contributed by atoms with van der Waals surface area (Å²) in [4.78, 5) is 38.6. The zero-order valence-corrected chi connectivity index (χ0v) is 20.2. The minimum Gasteiger partial charge on any atom is -0.484 e. The fraction of sp³-hybridized carbons (Fsp3) is 0.115. The van der Waals surface area contributed by atoms with E-state index < -0.39 is 5.91 Å². The monoisotopic (exact) mass is 510 g/mol. The lowest BCUT2D eigenvalue weighted by atomic mass is 10.2. The van der Waals surface area contributed by atoms with E-state index in [1.165, 1.54) is 24.3 Å². The van der Waals surface area contributed by atoms with Crippen molar-refractivity contribution < 1.29 is 23.5 Å². The second-order valence-corrected chi connectivity index (χ2v) is 9.16. The summed E-state index contributed by atoms with van der Waals surface area (Å²) in [5, 5.41) is 2.90. The van der Waals surface area contributed by atoms with Crippen molar-refractivity contribution in [1.82, 2.24) is 4.90 Å². The van der Waals surface area contributed by atoms with Gasteiger partial charge < -0.3 is 10.1 Å². The van der Waals surface area contributed by atoms with Gasteiger partial charge in [-0.1, -0.05) is 41.9 Å². The fourth-order valence-electron chi connectivity index (χ4n) is 3.24. The number of nitrogens with zero attached hydrogens (tertiary/aromatic N) is 1. The maximum absolute atomic E-state index is 13.1. The second kappa shape index (κ2) is 10.8.